The van der Waals surface area contributed by atoms with Crippen molar-refractivity contribution in [2.45, 2.75) is 38.8 Å². The Balaban J connectivity index is 1.50. The number of anilines is 1. The number of halogens is 1. The fourth-order valence-electron chi connectivity index (χ4n) is 4.64. The van der Waals surface area contributed by atoms with Gasteiger partial charge in [-0.2, -0.15) is 0 Å². The number of amides is 3. The molecule has 1 saturated heterocycles. The van der Waals surface area contributed by atoms with Crippen molar-refractivity contribution in [3.05, 3.63) is 74.9 Å². The van der Waals surface area contributed by atoms with Crippen LogP contribution in [-0.4, -0.2) is 68.3 Å². The largest absolute Gasteiger partial charge is 0.493 e. The second kappa shape index (κ2) is 14.4. The summed E-state index contributed by atoms with van der Waals surface area (Å²) in [4.78, 5) is 32.8. The molecule has 1 fully saturated rings. The van der Waals surface area contributed by atoms with Gasteiger partial charge in [0.05, 0.1) is 26.9 Å². The minimum absolute atomic E-state index is 0.0669. The third-order valence-electron chi connectivity index (χ3n) is 6.75. The summed E-state index contributed by atoms with van der Waals surface area (Å²) < 4.78 is 16.6. The first-order valence-corrected chi connectivity index (χ1v) is 14.5. The summed E-state index contributed by atoms with van der Waals surface area (Å²) in [6.45, 7) is 3.93. The molecule has 0 aliphatic carbocycles. The van der Waals surface area contributed by atoms with Gasteiger partial charge in [-0.05, 0) is 74.2 Å². The molecule has 2 aromatic carbocycles. The lowest BCUT2D eigenvalue weighted by Gasteiger charge is -2.29. The molecule has 3 aromatic rings. The van der Waals surface area contributed by atoms with Crippen molar-refractivity contribution in [1.82, 2.24) is 9.80 Å². The molecule has 10 heteroatoms. The summed E-state index contributed by atoms with van der Waals surface area (Å²) in [5.41, 5.74) is 1.59. The number of urea groups is 1. The lowest BCUT2D eigenvalue weighted by atomic mass is 10.1. The number of rotatable bonds is 12. The molecule has 0 unspecified atom stereocenters. The Morgan fingerprint density at radius 3 is 2.58 bits per heavy atom. The van der Waals surface area contributed by atoms with E-state index < -0.39 is 0 Å². The molecule has 0 bridgehead atoms. The molecule has 214 valence electrons. The molecule has 8 nitrogen and oxygen atoms in total. The van der Waals surface area contributed by atoms with Crippen LogP contribution in [0, 0.1) is 6.92 Å². The summed E-state index contributed by atoms with van der Waals surface area (Å²) in [7, 11) is 3.21. The zero-order valence-electron chi connectivity index (χ0n) is 23.2. The topological polar surface area (TPSA) is 80.3 Å². The van der Waals surface area contributed by atoms with Crippen LogP contribution in [0.25, 0.3) is 0 Å². The van der Waals surface area contributed by atoms with Crippen LogP contribution in [0.2, 0.25) is 5.02 Å². The van der Waals surface area contributed by atoms with E-state index in [2.05, 4.69) is 11.4 Å². The number of nitrogens with one attached hydrogen (secondary N) is 1. The van der Waals surface area contributed by atoms with Gasteiger partial charge in [0.1, 0.15) is 6.54 Å². The second-order valence-corrected chi connectivity index (χ2v) is 11.5. The Hall–Kier alpha value is -3.27. The van der Waals surface area contributed by atoms with Crippen molar-refractivity contribution in [1.29, 1.82) is 0 Å². The predicted octanol–water partition coefficient (Wildman–Crippen LogP) is 6.01. The van der Waals surface area contributed by atoms with Crippen LogP contribution in [0.1, 0.15) is 28.2 Å². The van der Waals surface area contributed by atoms with Gasteiger partial charge >= 0.3 is 6.03 Å². The molecule has 1 atom stereocenters. The monoisotopic (exact) mass is 585 g/mol. The first kappa shape index (κ1) is 29.7. The van der Waals surface area contributed by atoms with E-state index in [1.54, 1.807) is 54.7 Å². The van der Waals surface area contributed by atoms with Crippen LogP contribution in [0.4, 0.5) is 10.5 Å². The maximum Gasteiger partial charge on any atom is 0.322 e. The highest BCUT2D eigenvalue weighted by Gasteiger charge is 2.27. The number of methoxy groups -OCH3 is 2. The van der Waals surface area contributed by atoms with Crippen molar-refractivity contribution in [2.75, 3.05) is 45.8 Å². The summed E-state index contributed by atoms with van der Waals surface area (Å²) >= 11 is 7.78. The highest BCUT2D eigenvalue weighted by atomic mass is 35.5. The molecular weight excluding hydrogens is 550 g/mol. The van der Waals surface area contributed by atoms with Crippen molar-refractivity contribution in [3.8, 4) is 11.5 Å². The molecule has 40 heavy (non-hydrogen) atoms. The maximum atomic E-state index is 13.8. The number of carbonyl (C=O) groups excluding carboxylic acids is 2. The fraction of sp³-hybridized carbons (Fsp3) is 0.400. The number of nitrogens with zero attached hydrogens (tertiary/aromatic N) is 2. The smallest absolute Gasteiger partial charge is 0.322 e. The average molecular weight is 586 g/mol. The zero-order chi connectivity index (χ0) is 28.5. The van der Waals surface area contributed by atoms with Crippen LogP contribution in [0.3, 0.4) is 0 Å². The summed E-state index contributed by atoms with van der Waals surface area (Å²) in [6.07, 6.45) is 2.32. The number of hydrogen-bond acceptors (Lipinski definition) is 6. The predicted molar refractivity (Wildman–Crippen MR) is 159 cm³/mol. The molecule has 1 aliphatic rings. The molecule has 2 heterocycles. The van der Waals surface area contributed by atoms with E-state index in [1.165, 1.54) is 4.88 Å². The maximum absolute atomic E-state index is 13.8. The van der Waals surface area contributed by atoms with Gasteiger partial charge in [-0.25, -0.2) is 4.79 Å². The first-order valence-electron chi connectivity index (χ1n) is 13.3. The average Bonchev–Trinajstić information content (AvgIpc) is 3.61. The van der Waals surface area contributed by atoms with Crippen LogP contribution in [-0.2, 0) is 22.5 Å². The van der Waals surface area contributed by atoms with Crippen molar-refractivity contribution >= 4 is 40.6 Å². The molecule has 0 radical (unpaired) electrons. The number of benzene rings is 2. The van der Waals surface area contributed by atoms with E-state index in [-0.39, 0.29) is 24.6 Å². The number of hydrogen-bond donors (Lipinski definition) is 1. The number of thiophene rings is 1. The van der Waals surface area contributed by atoms with E-state index in [1.807, 2.05) is 36.1 Å². The van der Waals surface area contributed by atoms with Gasteiger partial charge in [0, 0.05) is 40.2 Å². The number of carbonyl (C=O) groups is 2. The van der Waals surface area contributed by atoms with Gasteiger partial charge in [0.15, 0.2) is 11.5 Å². The van der Waals surface area contributed by atoms with Crippen LogP contribution in [0.5, 0.6) is 11.5 Å². The Labute approximate surface area is 244 Å². The highest BCUT2D eigenvalue weighted by Crippen LogP contribution is 2.28. The van der Waals surface area contributed by atoms with Crippen molar-refractivity contribution < 1.29 is 23.8 Å². The van der Waals surface area contributed by atoms with E-state index in [0.717, 1.165) is 23.3 Å². The number of ether oxygens (including phenoxy) is 3. The van der Waals surface area contributed by atoms with Gasteiger partial charge < -0.3 is 29.3 Å². The Morgan fingerprint density at radius 2 is 1.90 bits per heavy atom. The van der Waals surface area contributed by atoms with Crippen molar-refractivity contribution in [2.24, 2.45) is 0 Å². The molecule has 3 amide bonds. The van der Waals surface area contributed by atoms with E-state index >= 15 is 0 Å². The third kappa shape index (κ3) is 8.36. The quantitative estimate of drug-likeness (QED) is 0.281. The van der Waals surface area contributed by atoms with Crippen LogP contribution in [0.15, 0.2) is 54.6 Å². The lowest BCUT2D eigenvalue weighted by Crippen LogP contribution is -2.47. The van der Waals surface area contributed by atoms with Crippen molar-refractivity contribution in [3.63, 3.8) is 0 Å². The molecular formula is C30H36ClN3O5S. The molecule has 0 saturated carbocycles. The SMILES string of the molecule is COc1ccc(CCN(Cc2ccc(C)s2)C(=O)CN(C[C@@H]2CCCO2)C(=O)Nc2cccc(Cl)c2)cc1OC. The molecule has 4 rings (SSSR count). The van der Waals surface area contributed by atoms with Crippen LogP contribution < -0.4 is 14.8 Å². The highest BCUT2D eigenvalue weighted by molar-refractivity contribution is 7.11. The molecule has 1 N–H and O–H groups in total. The Kier molecular flexibility index (Phi) is 10.7. The van der Waals surface area contributed by atoms with Gasteiger partial charge in [-0.15, -0.1) is 11.3 Å². The molecule has 0 spiro atoms. The van der Waals surface area contributed by atoms with E-state index in [4.69, 9.17) is 25.8 Å². The van der Waals surface area contributed by atoms with E-state index in [0.29, 0.717) is 54.9 Å². The minimum atomic E-state index is -0.363. The van der Waals surface area contributed by atoms with Gasteiger partial charge in [-0.1, -0.05) is 23.7 Å². The third-order valence-corrected chi connectivity index (χ3v) is 7.97. The Bertz CT molecular complexity index is 1290. The summed E-state index contributed by atoms with van der Waals surface area (Å²) in [5.74, 6) is 1.17. The molecule has 1 aliphatic heterocycles. The van der Waals surface area contributed by atoms with E-state index in [9.17, 15) is 9.59 Å². The molecule has 1 aromatic heterocycles. The summed E-state index contributed by atoms with van der Waals surface area (Å²) in [5, 5.41) is 3.41. The van der Waals surface area contributed by atoms with Gasteiger partial charge in [0.2, 0.25) is 5.91 Å². The number of aryl methyl sites for hydroxylation is 1. The lowest BCUT2D eigenvalue weighted by molar-refractivity contribution is -0.132. The normalized spacial score (nSPS) is 14.6. The Morgan fingerprint density at radius 1 is 1.07 bits per heavy atom. The van der Waals surface area contributed by atoms with Gasteiger partial charge in [-0.3, -0.25) is 4.79 Å². The minimum Gasteiger partial charge on any atom is -0.493 e. The van der Waals surface area contributed by atoms with Gasteiger partial charge in [0.25, 0.3) is 0 Å². The zero-order valence-corrected chi connectivity index (χ0v) is 24.7. The first-order chi connectivity index (χ1) is 19.3. The fourth-order valence-corrected chi connectivity index (χ4v) is 5.73. The van der Waals surface area contributed by atoms with Crippen LogP contribution >= 0.6 is 22.9 Å². The standard InChI is InChI=1S/C30H36ClN3O5S/c1-21-9-11-26(40-21)19-33(14-13-22-10-12-27(37-2)28(16-22)38-3)29(35)20-34(18-25-8-5-15-39-25)30(36)32-24-7-4-6-23(31)17-24/h4,6-7,9-12,16-17,25H,5,8,13-15,18-20H2,1-3H3,(H,32,36)/t25-/m0/s1. The second-order valence-electron chi connectivity index (χ2n) is 9.72. The summed E-state index contributed by atoms with van der Waals surface area (Å²) in [6, 6.07) is 16.5.